The largest absolute Gasteiger partial charge is 0.604 e. The van der Waals surface area contributed by atoms with Crippen LogP contribution in [0.4, 0.5) is 32.0 Å². The van der Waals surface area contributed by atoms with E-state index < -0.39 is 60.6 Å². The van der Waals surface area contributed by atoms with E-state index in [0.717, 1.165) is 13.1 Å². The van der Waals surface area contributed by atoms with Crippen LogP contribution in [0.5, 0.6) is 0 Å². The van der Waals surface area contributed by atoms with E-state index in [1.807, 2.05) is 0 Å². The van der Waals surface area contributed by atoms with Gasteiger partial charge in [0.1, 0.15) is 17.2 Å². The summed E-state index contributed by atoms with van der Waals surface area (Å²) in [7, 11) is 1.06. The molecule has 0 amide bonds. The van der Waals surface area contributed by atoms with Gasteiger partial charge < -0.3 is 15.2 Å². The van der Waals surface area contributed by atoms with E-state index in [1.54, 1.807) is 0 Å². The third-order valence-electron chi connectivity index (χ3n) is 2.83. The van der Waals surface area contributed by atoms with Crippen LogP contribution in [-0.4, -0.2) is 22.8 Å². The normalized spacial score (nSPS) is 14.1. The van der Waals surface area contributed by atoms with Crippen molar-refractivity contribution in [1.82, 2.24) is 5.32 Å². The van der Waals surface area contributed by atoms with Gasteiger partial charge in [0.25, 0.3) is 0 Å². The zero-order valence-corrected chi connectivity index (χ0v) is 15.3. The fourth-order valence-corrected chi connectivity index (χ4v) is 3.07. The van der Waals surface area contributed by atoms with Crippen LogP contribution >= 0.6 is 23.2 Å². The number of rotatable bonds is 5. The van der Waals surface area contributed by atoms with E-state index in [9.17, 15) is 30.9 Å². The summed E-state index contributed by atoms with van der Waals surface area (Å²) in [6, 6.07) is 2.06. The van der Waals surface area contributed by atoms with Crippen LogP contribution in [0.25, 0.3) is 0 Å². The maximum atomic E-state index is 12.8. The molecule has 0 radical (unpaired) electrons. The zero-order chi connectivity index (χ0) is 21.2. The lowest BCUT2D eigenvalue weighted by atomic mass is 10.2. The predicted octanol–water partition coefficient (Wildman–Crippen LogP) is 4.62. The second-order valence-corrected chi connectivity index (χ2v) is 6.82. The number of hydrogen-bond acceptors (Lipinski definition) is 5. The van der Waals surface area contributed by atoms with Gasteiger partial charge in [-0.15, -0.1) is 13.2 Å². The molecule has 0 aromatic heterocycles. The monoisotopic (exact) mass is 452 g/mol. The number of nitriles is 1. The highest BCUT2D eigenvalue weighted by Crippen LogP contribution is 2.39. The fourth-order valence-electron chi connectivity index (χ4n) is 1.69. The summed E-state index contributed by atoms with van der Waals surface area (Å²) < 4.78 is 88.3. The highest BCUT2D eigenvalue weighted by Gasteiger charge is 2.50. The minimum Gasteiger partial charge on any atom is -0.604 e. The molecule has 1 unspecified atom stereocenters. The van der Waals surface area contributed by atoms with E-state index in [0.29, 0.717) is 12.1 Å². The SMILES string of the molecule is CN/C(Nc1c(Cl)cc(C(F)(F)F)cc1Cl)=C(/C(=N)C#N)[S+]([O-])C(F)(F)F. The van der Waals surface area contributed by atoms with Crippen LogP contribution in [0.15, 0.2) is 22.9 Å². The first-order valence-electron chi connectivity index (χ1n) is 6.47. The molecular weight excluding hydrogens is 445 g/mol. The summed E-state index contributed by atoms with van der Waals surface area (Å²) in [5.41, 5.74) is -8.25. The van der Waals surface area contributed by atoms with Crippen molar-refractivity contribution in [2.45, 2.75) is 11.7 Å². The zero-order valence-electron chi connectivity index (χ0n) is 12.9. The maximum Gasteiger partial charge on any atom is 0.578 e. The number of halogens is 8. The Labute approximate surface area is 161 Å². The molecule has 1 aromatic carbocycles. The first kappa shape index (κ1) is 23.2. The van der Waals surface area contributed by atoms with E-state index in [1.165, 1.54) is 0 Å². The molecule has 0 fully saturated rings. The van der Waals surface area contributed by atoms with Crippen molar-refractivity contribution in [2.24, 2.45) is 0 Å². The number of benzene rings is 1. The summed E-state index contributed by atoms with van der Waals surface area (Å²) in [5, 5.41) is 19.2. The van der Waals surface area contributed by atoms with Crippen molar-refractivity contribution in [1.29, 1.82) is 10.7 Å². The number of anilines is 1. The molecule has 0 spiro atoms. The molecule has 1 atom stereocenters. The smallest absolute Gasteiger partial charge is 0.578 e. The maximum absolute atomic E-state index is 12.8. The van der Waals surface area contributed by atoms with Gasteiger partial charge in [-0.3, -0.25) is 5.41 Å². The van der Waals surface area contributed by atoms with Gasteiger partial charge in [-0.25, -0.2) is 0 Å². The van der Waals surface area contributed by atoms with Gasteiger partial charge in [-0.2, -0.15) is 18.4 Å². The molecule has 0 aliphatic heterocycles. The van der Waals surface area contributed by atoms with Crippen LogP contribution in [0.2, 0.25) is 10.0 Å². The van der Waals surface area contributed by atoms with Gasteiger partial charge in [0.05, 0.1) is 21.3 Å². The van der Waals surface area contributed by atoms with E-state index in [4.69, 9.17) is 33.9 Å². The summed E-state index contributed by atoms with van der Waals surface area (Å²) in [5.74, 6) is -0.749. The number of nitrogens with zero attached hydrogens (tertiary/aromatic N) is 1. The van der Waals surface area contributed by atoms with Crippen LogP contribution in [-0.2, 0) is 17.4 Å². The minimum atomic E-state index is -5.31. The third kappa shape index (κ3) is 5.58. The molecule has 1 rings (SSSR count). The van der Waals surface area contributed by atoms with E-state index in [-0.39, 0.29) is 0 Å². The van der Waals surface area contributed by atoms with E-state index in [2.05, 4.69) is 10.6 Å². The molecule has 0 heterocycles. The lowest BCUT2D eigenvalue weighted by Crippen LogP contribution is -2.33. The van der Waals surface area contributed by atoms with Crippen molar-refractivity contribution >= 4 is 45.8 Å². The molecule has 27 heavy (non-hydrogen) atoms. The average Bonchev–Trinajstić information content (AvgIpc) is 2.54. The quantitative estimate of drug-likeness (QED) is 0.345. The molecule has 148 valence electrons. The summed E-state index contributed by atoms with van der Waals surface area (Å²) >= 11 is 7.63. The molecular formula is C13H8Cl2F6N4OS. The number of hydrogen-bond donors (Lipinski definition) is 3. The van der Waals surface area contributed by atoms with Crippen LogP contribution in [0.3, 0.4) is 0 Å². The van der Waals surface area contributed by atoms with Crippen molar-refractivity contribution < 1.29 is 30.9 Å². The molecule has 0 aliphatic rings. The standard InChI is InChI=1S/C13H8Cl2F6N4OS/c1-24-11(10(8(23)4-22)27(26)13(19,20)21)25-9-6(14)2-5(3-7(9)15)12(16,17)18/h2-3,23-25H,1H3/b11-10+,23-8?. The fraction of sp³-hybridized carbons (Fsp3) is 0.231. The Balaban J connectivity index is 3.55. The lowest BCUT2D eigenvalue weighted by molar-refractivity contribution is -0.137. The molecule has 0 bridgehead atoms. The molecule has 0 aliphatic carbocycles. The Kier molecular flexibility index (Phi) is 7.29. The number of allylic oxidation sites excluding steroid dienone is 1. The third-order valence-corrected chi connectivity index (χ3v) is 4.63. The Morgan fingerprint density at radius 2 is 1.67 bits per heavy atom. The first-order valence-corrected chi connectivity index (χ1v) is 8.37. The minimum absolute atomic E-state index is 0.446. The Morgan fingerprint density at radius 3 is 2.00 bits per heavy atom. The van der Waals surface area contributed by atoms with Gasteiger partial charge in [0.15, 0.2) is 11.5 Å². The van der Waals surface area contributed by atoms with Crippen molar-refractivity contribution in [3.05, 3.63) is 38.5 Å². The molecule has 0 saturated heterocycles. The molecule has 14 heteroatoms. The predicted molar refractivity (Wildman–Crippen MR) is 88.7 cm³/mol. The number of alkyl halides is 6. The van der Waals surface area contributed by atoms with Crippen molar-refractivity contribution in [3.8, 4) is 6.07 Å². The van der Waals surface area contributed by atoms with Gasteiger partial charge >= 0.3 is 11.7 Å². The van der Waals surface area contributed by atoms with Crippen LogP contribution in [0, 0.1) is 16.7 Å². The summed E-state index contributed by atoms with van der Waals surface area (Å²) in [6.45, 7) is 0. The van der Waals surface area contributed by atoms with E-state index >= 15 is 0 Å². The lowest BCUT2D eigenvalue weighted by Gasteiger charge is -2.20. The number of nitrogens with one attached hydrogen (secondary N) is 3. The topological polar surface area (TPSA) is 94.8 Å². The second-order valence-electron chi connectivity index (χ2n) is 4.59. The van der Waals surface area contributed by atoms with Crippen LogP contribution in [0.1, 0.15) is 5.56 Å². The van der Waals surface area contributed by atoms with Crippen LogP contribution < -0.4 is 10.6 Å². The molecule has 3 N–H and O–H groups in total. The highest BCUT2D eigenvalue weighted by molar-refractivity contribution is 7.97. The summed E-state index contributed by atoms with van der Waals surface area (Å²) in [6.07, 6.45) is -4.78. The molecule has 1 aromatic rings. The van der Waals surface area contributed by atoms with Crippen molar-refractivity contribution in [3.63, 3.8) is 0 Å². The van der Waals surface area contributed by atoms with Gasteiger partial charge in [0, 0.05) is 7.05 Å². The Bertz CT molecular complexity index is 795. The van der Waals surface area contributed by atoms with Gasteiger partial charge in [-0.05, 0) is 12.1 Å². The summed E-state index contributed by atoms with van der Waals surface area (Å²) in [4.78, 5) is -1.28. The highest BCUT2D eigenvalue weighted by atomic mass is 35.5. The Hall–Kier alpha value is -1.81. The van der Waals surface area contributed by atoms with Crippen molar-refractivity contribution in [2.75, 3.05) is 12.4 Å². The molecule has 0 saturated carbocycles. The first-order chi connectivity index (χ1) is 12.2. The molecule has 5 nitrogen and oxygen atoms in total. The Morgan fingerprint density at radius 1 is 1.19 bits per heavy atom. The van der Waals surface area contributed by atoms with Gasteiger partial charge in [0.2, 0.25) is 4.91 Å². The second kappa shape index (κ2) is 8.47. The van der Waals surface area contributed by atoms with Gasteiger partial charge in [-0.1, -0.05) is 23.2 Å². The average molecular weight is 453 g/mol.